The standard InChI is InChI=1S/C10H16F3N/c1-4-6-8(3)14-9(7-5-2)10(11,12)13/h7H,4-6H2,1-3H3/b9-7-,14-8?. The van der Waals surface area contributed by atoms with Crippen molar-refractivity contribution in [3.63, 3.8) is 0 Å². The van der Waals surface area contributed by atoms with Crippen LogP contribution >= 0.6 is 0 Å². The number of hydrogen-bond donors (Lipinski definition) is 0. The number of nitrogens with zero attached hydrogens (tertiary/aromatic N) is 1. The van der Waals surface area contributed by atoms with Crippen LogP contribution in [0.25, 0.3) is 0 Å². The third-order valence-corrected chi connectivity index (χ3v) is 1.61. The van der Waals surface area contributed by atoms with Gasteiger partial charge in [-0.05, 0) is 19.8 Å². The zero-order chi connectivity index (χ0) is 11.2. The third-order valence-electron chi connectivity index (χ3n) is 1.61. The molecule has 0 amide bonds. The molecule has 4 heteroatoms. The molecule has 1 nitrogen and oxygen atoms in total. The molecule has 0 aliphatic rings. The summed E-state index contributed by atoms with van der Waals surface area (Å²) in [6, 6.07) is 0. The van der Waals surface area contributed by atoms with E-state index in [9.17, 15) is 13.2 Å². The molecule has 82 valence electrons. The molecule has 0 aromatic rings. The Morgan fingerprint density at radius 3 is 2.21 bits per heavy atom. The molecular weight excluding hydrogens is 191 g/mol. The summed E-state index contributed by atoms with van der Waals surface area (Å²) in [7, 11) is 0. The molecule has 0 aliphatic heterocycles. The van der Waals surface area contributed by atoms with E-state index in [0.29, 0.717) is 18.6 Å². The second-order valence-corrected chi connectivity index (χ2v) is 3.09. The number of halogens is 3. The molecule has 0 spiro atoms. The number of hydrogen-bond acceptors (Lipinski definition) is 1. The highest BCUT2D eigenvalue weighted by Gasteiger charge is 2.33. The highest BCUT2D eigenvalue weighted by atomic mass is 19.4. The van der Waals surface area contributed by atoms with Crippen LogP contribution in [-0.4, -0.2) is 11.9 Å². The van der Waals surface area contributed by atoms with Crippen LogP contribution in [0.5, 0.6) is 0 Å². The molecule has 0 saturated heterocycles. The average Bonchev–Trinajstić information content (AvgIpc) is 2.02. The Morgan fingerprint density at radius 1 is 1.29 bits per heavy atom. The Kier molecular flexibility index (Phi) is 5.50. The van der Waals surface area contributed by atoms with Crippen LogP contribution < -0.4 is 0 Å². The van der Waals surface area contributed by atoms with Gasteiger partial charge in [-0.25, -0.2) is 0 Å². The van der Waals surface area contributed by atoms with E-state index in [0.717, 1.165) is 12.5 Å². The maximum absolute atomic E-state index is 12.3. The highest BCUT2D eigenvalue weighted by molar-refractivity contribution is 5.82. The molecule has 0 heterocycles. The number of aliphatic imine (C=N–C) groups is 1. The maximum atomic E-state index is 12.3. The van der Waals surface area contributed by atoms with Gasteiger partial charge in [0.25, 0.3) is 0 Å². The Labute approximate surface area is 82.7 Å². The van der Waals surface area contributed by atoms with E-state index in [2.05, 4.69) is 4.99 Å². The molecule has 0 radical (unpaired) electrons. The first-order valence-corrected chi connectivity index (χ1v) is 4.73. The molecule has 0 aromatic carbocycles. The average molecular weight is 207 g/mol. The molecule has 0 fully saturated rings. The summed E-state index contributed by atoms with van der Waals surface area (Å²) >= 11 is 0. The first kappa shape index (κ1) is 13.2. The lowest BCUT2D eigenvalue weighted by Gasteiger charge is -2.08. The summed E-state index contributed by atoms with van der Waals surface area (Å²) in [5.41, 5.74) is -0.240. The summed E-state index contributed by atoms with van der Waals surface area (Å²) < 4.78 is 37.0. The maximum Gasteiger partial charge on any atom is 0.433 e. The molecule has 0 atom stereocenters. The van der Waals surface area contributed by atoms with E-state index in [4.69, 9.17) is 0 Å². The van der Waals surface area contributed by atoms with Gasteiger partial charge in [-0.3, -0.25) is 4.99 Å². The van der Waals surface area contributed by atoms with E-state index >= 15 is 0 Å². The summed E-state index contributed by atoms with van der Waals surface area (Å²) in [4.78, 5) is 3.58. The Balaban J connectivity index is 4.70. The van der Waals surface area contributed by atoms with Crippen molar-refractivity contribution >= 4 is 5.71 Å². The fourth-order valence-corrected chi connectivity index (χ4v) is 1.04. The normalized spacial score (nSPS) is 14.7. The minimum Gasteiger partial charge on any atom is -0.253 e. The molecule has 0 aliphatic carbocycles. The first-order chi connectivity index (χ1) is 6.41. The van der Waals surface area contributed by atoms with Crippen molar-refractivity contribution < 1.29 is 13.2 Å². The summed E-state index contributed by atoms with van der Waals surface area (Å²) in [5, 5.41) is 0. The quantitative estimate of drug-likeness (QED) is 0.615. The first-order valence-electron chi connectivity index (χ1n) is 4.73. The smallest absolute Gasteiger partial charge is 0.253 e. The fraction of sp³-hybridized carbons (Fsp3) is 0.700. The van der Waals surface area contributed by atoms with Crippen LogP contribution in [0.1, 0.15) is 40.0 Å². The van der Waals surface area contributed by atoms with Gasteiger partial charge in [0.2, 0.25) is 0 Å². The van der Waals surface area contributed by atoms with Crippen molar-refractivity contribution in [2.75, 3.05) is 0 Å². The monoisotopic (exact) mass is 207 g/mol. The van der Waals surface area contributed by atoms with Gasteiger partial charge in [0.15, 0.2) is 0 Å². The lowest BCUT2D eigenvalue weighted by molar-refractivity contribution is -0.0925. The van der Waals surface area contributed by atoms with Gasteiger partial charge in [0.1, 0.15) is 5.70 Å². The van der Waals surface area contributed by atoms with Gasteiger partial charge < -0.3 is 0 Å². The van der Waals surface area contributed by atoms with E-state index < -0.39 is 11.9 Å². The molecule has 14 heavy (non-hydrogen) atoms. The predicted octanol–water partition coefficient (Wildman–Crippen LogP) is 4.10. The van der Waals surface area contributed by atoms with Crippen LogP contribution in [0.2, 0.25) is 0 Å². The summed E-state index contributed by atoms with van der Waals surface area (Å²) in [6.45, 7) is 5.20. The minimum atomic E-state index is -4.33. The van der Waals surface area contributed by atoms with Gasteiger partial charge in [-0.15, -0.1) is 0 Å². The highest BCUT2D eigenvalue weighted by Crippen LogP contribution is 2.27. The number of rotatable bonds is 4. The Hall–Kier alpha value is -0.800. The van der Waals surface area contributed by atoms with Crippen molar-refractivity contribution in [3.8, 4) is 0 Å². The van der Waals surface area contributed by atoms with Crippen molar-refractivity contribution in [1.29, 1.82) is 0 Å². The zero-order valence-electron chi connectivity index (χ0n) is 8.78. The third kappa shape index (κ3) is 5.04. The van der Waals surface area contributed by atoms with Crippen LogP contribution in [0, 0.1) is 0 Å². The zero-order valence-corrected chi connectivity index (χ0v) is 8.78. The fourth-order valence-electron chi connectivity index (χ4n) is 1.04. The van der Waals surface area contributed by atoms with Crippen LogP contribution in [0.15, 0.2) is 16.8 Å². The van der Waals surface area contributed by atoms with E-state index in [1.165, 1.54) is 0 Å². The molecule has 0 unspecified atom stereocenters. The molecular formula is C10H16F3N. The van der Waals surface area contributed by atoms with Gasteiger partial charge in [-0.2, -0.15) is 13.2 Å². The van der Waals surface area contributed by atoms with Crippen molar-refractivity contribution in [1.82, 2.24) is 0 Å². The van der Waals surface area contributed by atoms with E-state index in [-0.39, 0.29) is 0 Å². The van der Waals surface area contributed by atoms with Crippen LogP contribution in [0.3, 0.4) is 0 Å². The van der Waals surface area contributed by atoms with Crippen LogP contribution in [-0.2, 0) is 0 Å². The molecule has 0 saturated carbocycles. The van der Waals surface area contributed by atoms with Crippen LogP contribution in [0.4, 0.5) is 13.2 Å². The molecule has 0 N–H and O–H groups in total. The number of allylic oxidation sites excluding steroid dienone is 2. The van der Waals surface area contributed by atoms with E-state index in [1.807, 2.05) is 6.92 Å². The molecule has 0 bridgehead atoms. The van der Waals surface area contributed by atoms with Crippen molar-refractivity contribution in [2.24, 2.45) is 4.99 Å². The molecule has 0 aromatic heterocycles. The Bertz CT molecular complexity index is 226. The summed E-state index contributed by atoms with van der Waals surface area (Å²) in [5.74, 6) is 0. The lowest BCUT2D eigenvalue weighted by Crippen LogP contribution is -2.11. The molecule has 0 rings (SSSR count). The van der Waals surface area contributed by atoms with Crippen molar-refractivity contribution in [3.05, 3.63) is 11.8 Å². The largest absolute Gasteiger partial charge is 0.433 e. The Morgan fingerprint density at radius 2 is 1.86 bits per heavy atom. The minimum absolute atomic E-state index is 0.345. The van der Waals surface area contributed by atoms with Gasteiger partial charge in [0.05, 0.1) is 0 Å². The van der Waals surface area contributed by atoms with Crippen molar-refractivity contribution in [2.45, 2.75) is 46.2 Å². The van der Waals surface area contributed by atoms with Gasteiger partial charge >= 0.3 is 6.18 Å². The number of alkyl halides is 3. The lowest BCUT2D eigenvalue weighted by atomic mass is 10.2. The second-order valence-electron chi connectivity index (χ2n) is 3.09. The van der Waals surface area contributed by atoms with E-state index in [1.54, 1.807) is 13.8 Å². The van der Waals surface area contributed by atoms with Gasteiger partial charge in [-0.1, -0.05) is 26.3 Å². The SMILES string of the molecule is CC/C=C(\N=C(C)CCC)C(F)(F)F. The topological polar surface area (TPSA) is 12.4 Å². The predicted molar refractivity (Wildman–Crippen MR) is 52.4 cm³/mol. The summed E-state index contributed by atoms with van der Waals surface area (Å²) in [6.07, 6.45) is -1.45. The second kappa shape index (κ2) is 5.83. The van der Waals surface area contributed by atoms with Gasteiger partial charge in [0, 0.05) is 5.71 Å².